The first-order chi connectivity index (χ1) is 8.10. The summed E-state index contributed by atoms with van der Waals surface area (Å²) in [5, 5.41) is 3.16. The number of halogens is 2. The molecule has 0 bridgehead atoms. The molecule has 2 atom stereocenters. The van der Waals surface area contributed by atoms with Crippen LogP contribution in [0.4, 0.5) is 4.39 Å². The molecule has 1 rings (SSSR count). The van der Waals surface area contributed by atoms with Crippen LogP contribution in [-0.4, -0.2) is 20.8 Å². The predicted octanol–water partition coefficient (Wildman–Crippen LogP) is 3.52. The van der Waals surface area contributed by atoms with Crippen LogP contribution in [-0.2, 0) is 4.74 Å². The Hall–Kier alpha value is -0.450. The molecular formula is C13H19BrFNO. The van der Waals surface area contributed by atoms with E-state index >= 15 is 0 Å². The van der Waals surface area contributed by atoms with E-state index in [0.29, 0.717) is 22.6 Å². The summed E-state index contributed by atoms with van der Waals surface area (Å²) < 4.78 is 19.6. The zero-order valence-electron chi connectivity index (χ0n) is 10.5. The Morgan fingerprint density at radius 2 is 2.18 bits per heavy atom. The van der Waals surface area contributed by atoms with Crippen LogP contribution in [0.15, 0.2) is 22.7 Å². The Bertz CT molecular complexity index is 359. The minimum absolute atomic E-state index is 0.0117. The molecule has 0 spiro atoms. The highest BCUT2D eigenvalue weighted by atomic mass is 79.9. The van der Waals surface area contributed by atoms with Gasteiger partial charge in [0.25, 0.3) is 0 Å². The van der Waals surface area contributed by atoms with Crippen molar-refractivity contribution in [2.45, 2.75) is 19.4 Å². The molecule has 0 amide bonds. The van der Waals surface area contributed by atoms with Crippen LogP contribution >= 0.6 is 15.9 Å². The van der Waals surface area contributed by atoms with Gasteiger partial charge in [0.2, 0.25) is 0 Å². The summed E-state index contributed by atoms with van der Waals surface area (Å²) >= 11 is 3.21. The van der Waals surface area contributed by atoms with Gasteiger partial charge in [-0.25, -0.2) is 4.39 Å². The van der Waals surface area contributed by atoms with Gasteiger partial charge in [-0.3, -0.25) is 0 Å². The third-order valence-corrected chi connectivity index (χ3v) is 3.41. The van der Waals surface area contributed by atoms with Crippen molar-refractivity contribution in [3.05, 3.63) is 34.1 Å². The van der Waals surface area contributed by atoms with Crippen LogP contribution < -0.4 is 5.32 Å². The Morgan fingerprint density at radius 3 is 2.76 bits per heavy atom. The Labute approximate surface area is 111 Å². The van der Waals surface area contributed by atoms with E-state index in [-0.39, 0.29) is 11.9 Å². The van der Waals surface area contributed by atoms with Gasteiger partial charge in [-0.2, -0.15) is 0 Å². The average molecular weight is 304 g/mol. The Morgan fingerprint density at radius 1 is 1.47 bits per heavy atom. The SMILES string of the molecule is CNC(CC(C)COC)c1cccc(Br)c1F. The molecule has 0 heterocycles. The van der Waals surface area contributed by atoms with Crippen molar-refractivity contribution in [1.82, 2.24) is 5.32 Å². The van der Waals surface area contributed by atoms with Gasteiger partial charge in [0, 0.05) is 25.3 Å². The summed E-state index contributed by atoms with van der Waals surface area (Å²) in [6.45, 7) is 2.79. The van der Waals surface area contributed by atoms with E-state index in [0.717, 1.165) is 6.42 Å². The van der Waals surface area contributed by atoms with Crippen molar-refractivity contribution < 1.29 is 9.13 Å². The number of methoxy groups -OCH3 is 1. The minimum Gasteiger partial charge on any atom is -0.384 e. The summed E-state index contributed by atoms with van der Waals surface area (Å²) in [6.07, 6.45) is 0.845. The quantitative estimate of drug-likeness (QED) is 0.868. The van der Waals surface area contributed by atoms with E-state index in [4.69, 9.17) is 4.74 Å². The normalized spacial score (nSPS) is 14.6. The number of nitrogens with one attached hydrogen (secondary N) is 1. The maximum atomic E-state index is 14.0. The van der Waals surface area contributed by atoms with Gasteiger partial charge in [0.1, 0.15) is 5.82 Å². The topological polar surface area (TPSA) is 21.3 Å². The summed E-state index contributed by atoms with van der Waals surface area (Å²) in [7, 11) is 3.54. The van der Waals surface area contributed by atoms with Crippen LogP contribution in [0, 0.1) is 11.7 Å². The minimum atomic E-state index is -0.184. The van der Waals surface area contributed by atoms with Gasteiger partial charge < -0.3 is 10.1 Å². The zero-order chi connectivity index (χ0) is 12.8. The number of rotatable bonds is 6. The molecule has 2 nitrogen and oxygen atoms in total. The van der Waals surface area contributed by atoms with Crippen molar-refractivity contribution in [2.75, 3.05) is 20.8 Å². The molecule has 1 aromatic carbocycles. The molecule has 0 aromatic heterocycles. The lowest BCUT2D eigenvalue weighted by Gasteiger charge is -2.21. The highest BCUT2D eigenvalue weighted by Gasteiger charge is 2.18. The molecule has 0 radical (unpaired) electrons. The summed E-state index contributed by atoms with van der Waals surface area (Å²) in [6, 6.07) is 5.40. The van der Waals surface area contributed by atoms with E-state index in [1.807, 2.05) is 19.2 Å². The molecule has 4 heteroatoms. The molecule has 96 valence electrons. The smallest absolute Gasteiger partial charge is 0.142 e. The van der Waals surface area contributed by atoms with Crippen molar-refractivity contribution in [3.8, 4) is 0 Å². The van der Waals surface area contributed by atoms with Gasteiger partial charge in [0.05, 0.1) is 4.47 Å². The van der Waals surface area contributed by atoms with Gasteiger partial charge in [-0.15, -0.1) is 0 Å². The van der Waals surface area contributed by atoms with E-state index in [2.05, 4.69) is 28.2 Å². The highest BCUT2D eigenvalue weighted by molar-refractivity contribution is 9.10. The monoisotopic (exact) mass is 303 g/mol. The molecule has 1 N–H and O–H groups in total. The molecule has 0 saturated heterocycles. The molecule has 0 aliphatic carbocycles. The second-order valence-corrected chi connectivity index (χ2v) is 5.13. The van der Waals surface area contributed by atoms with Crippen LogP contribution in [0.3, 0.4) is 0 Å². The van der Waals surface area contributed by atoms with Crippen molar-refractivity contribution in [3.63, 3.8) is 0 Å². The van der Waals surface area contributed by atoms with Gasteiger partial charge in [-0.05, 0) is 41.4 Å². The molecule has 17 heavy (non-hydrogen) atoms. The fraction of sp³-hybridized carbons (Fsp3) is 0.538. The molecule has 0 saturated carbocycles. The van der Waals surface area contributed by atoms with E-state index in [9.17, 15) is 4.39 Å². The summed E-state index contributed by atoms with van der Waals surface area (Å²) in [4.78, 5) is 0. The van der Waals surface area contributed by atoms with Gasteiger partial charge in [0.15, 0.2) is 0 Å². The lowest BCUT2D eigenvalue weighted by Crippen LogP contribution is -2.21. The molecule has 2 unspecified atom stereocenters. The van der Waals surface area contributed by atoms with Crippen LogP contribution in [0.1, 0.15) is 24.9 Å². The third-order valence-electron chi connectivity index (χ3n) is 2.79. The second kappa shape index (κ2) is 7.09. The Kier molecular flexibility index (Phi) is 6.09. The van der Waals surface area contributed by atoms with E-state index < -0.39 is 0 Å². The summed E-state index contributed by atoms with van der Waals surface area (Å²) in [5.41, 5.74) is 0.699. The van der Waals surface area contributed by atoms with Crippen LogP contribution in [0.25, 0.3) is 0 Å². The standard InChI is InChI=1S/C13H19BrFNO/c1-9(8-17-3)7-12(16-2)10-5-4-6-11(14)13(10)15/h4-6,9,12,16H,7-8H2,1-3H3. The number of benzene rings is 1. The largest absolute Gasteiger partial charge is 0.384 e. The highest BCUT2D eigenvalue weighted by Crippen LogP contribution is 2.27. The van der Waals surface area contributed by atoms with Crippen molar-refractivity contribution in [1.29, 1.82) is 0 Å². The molecule has 0 fully saturated rings. The van der Waals surface area contributed by atoms with E-state index in [1.165, 1.54) is 0 Å². The first-order valence-corrected chi connectivity index (χ1v) is 6.49. The van der Waals surface area contributed by atoms with Crippen LogP contribution in [0.2, 0.25) is 0 Å². The first-order valence-electron chi connectivity index (χ1n) is 5.70. The third kappa shape index (κ3) is 4.05. The van der Waals surface area contributed by atoms with Gasteiger partial charge in [-0.1, -0.05) is 19.1 Å². The maximum absolute atomic E-state index is 14.0. The fourth-order valence-corrected chi connectivity index (χ4v) is 2.33. The number of ether oxygens (including phenoxy) is 1. The molecule has 1 aromatic rings. The van der Waals surface area contributed by atoms with Crippen molar-refractivity contribution in [2.24, 2.45) is 5.92 Å². The number of hydrogen-bond donors (Lipinski definition) is 1. The van der Waals surface area contributed by atoms with Crippen LogP contribution in [0.5, 0.6) is 0 Å². The van der Waals surface area contributed by atoms with Gasteiger partial charge >= 0.3 is 0 Å². The predicted molar refractivity (Wildman–Crippen MR) is 71.6 cm³/mol. The lowest BCUT2D eigenvalue weighted by atomic mass is 9.96. The Balaban J connectivity index is 2.82. The number of hydrogen-bond acceptors (Lipinski definition) is 2. The molecule has 0 aliphatic rings. The zero-order valence-corrected chi connectivity index (χ0v) is 12.1. The first kappa shape index (κ1) is 14.6. The molecular weight excluding hydrogens is 285 g/mol. The lowest BCUT2D eigenvalue weighted by molar-refractivity contribution is 0.149. The second-order valence-electron chi connectivity index (χ2n) is 4.28. The fourth-order valence-electron chi connectivity index (χ4n) is 1.94. The summed E-state index contributed by atoms with van der Waals surface area (Å²) in [5.74, 6) is 0.201. The van der Waals surface area contributed by atoms with Crippen molar-refractivity contribution >= 4 is 15.9 Å². The average Bonchev–Trinajstić information content (AvgIpc) is 2.30. The molecule has 0 aliphatic heterocycles. The van der Waals surface area contributed by atoms with E-state index in [1.54, 1.807) is 13.2 Å². The maximum Gasteiger partial charge on any atom is 0.142 e.